The molecule has 0 bridgehead atoms. The van der Waals surface area contributed by atoms with Crippen LogP contribution >= 0.6 is 11.3 Å². The van der Waals surface area contributed by atoms with Crippen LogP contribution in [0.3, 0.4) is 0 Å². The number of hydrogen-bond donors (Lipinski definition) is 0. The average molecular weight is 331 g/mol. The van der Waals surface area contributed by atoms with E-state index in [2.05, 4.69) is 9.88 Å². The average Bonchev–Trinajstić information content (AvgIpc) is 3.04. The minimum absolute atomic E-state index is 0.0293. The Balaban J connectivity index is 1.59. The van der Waals surface area contributed by atoms with Gasteiger partial charge < -0.3 is 9.64 Å². The van der Waals surface area contributed by atoms with E-state index in [1.807, 2.05) is 42.8 Å². The lowest BCUT2D eigenvalue weighted by atomic mass is 10.2. The predicted molar refractivity (Wildman–Crippen MR) is 90.4 cm³/mol. The van der Waals surface area contributed by atoms with Crippen molar-refractivity contribution in [3.8, 4) is 0 Å². The van der Waals surface area contributed by atoms with E-state index in [1.165, 1.54) is 0 Å². The minimum Gasteiger partial charge on any atom is -0.379 e. The first-order chi connectivity index (χ1) is 11.2. The standard InChI is InChI=1S/C17H21N3O2S/c1-19(11-14-5-3-2-4-6-14)17(21)15-13-23-16(18-15)12-20-7-9-22-10-8-20/h2-6,13H,7-12H2,1H3. The Kier molecular flexibility index (Phi) is 5.38. The SMILES string of the molecule is CN(Cc1ccccc1)C(=O)c1csc(CN2CCOCC2)n1. The Labute approximate surface area is 140 Å². The topological polar surface area (TPSA) is 45.7 Å². The fourth-order valence-corrected chi connectivity index (χ4v) is 3.37. The normalized spacial score (nSPS) is 15.5. The number of morpholine rings is 1. The van der Waals surface area contributed by atoms with Gasteiger partial charge in [-0.15, -0.1) is 11.3 Å². The molecule has 5 nitrogen and oxygen atoms in total. The third-order valence-corrected chi connectivity index (χ3v) is 4.68. The number of aromatic nitrogens is 1. The molecular weight excluding hydrogens is 310 g/mol. The van der Waals surface area contributed by atoms with Crippen LogP contribution in [-0.2, 0) is 17.8 Å². The summed E-state index contributed by atoms with van der Waals surface area (Å²) in [6.07, 6.45) is 0. The molecule has 122 valence electrons. The Morgan fingerprint density at radius 1 is 1.30 bits per heavy atom. The Morgan fingerprint density at radius 3 is 2.78 bits per heavy atom. The third-order valence-electron chi connectivity index (χ3n) is 3.84. The molecule has 3 rings (SSSR count). The van der Waals surface area contributed by atoms with Gasteiger partial charge in [-0.25, -0.2) is 4.98 Å². The Morgan fingerprint density at radius 2 is 2.04 bits per heavy atom. The van der Waals surface area contributed by atoms with Gasteiger partial charge in [-0.3, -0.25) is 9.69 Å². The fraction of sp³-hybridized carbons (Fsp3) is 0.412. The zero-order valence-corrected chi connectivity index (χ0v) is 14.1. The molecule has 23 heavy (non-hydrogen) atoms. The molecule has 0 atom stereocenters. The van der Waals surface area contributed by atoms with Crippen LogP contribution in [0.25, 0.3) is 0 Å². The summed E-state index contributed by atoms with van der Waals surface area (Å²) in [5.74, 6) is -0.0293. The number of carbonyl (C=O) groups is 1. The number of nitrogens with zero attached hydrogens (tertiary/aromatic N) is 3. The number of thiazole rings is 1. The molecule has 1 saturated heterocycles. The molecule has 0 aliphatic carbocycles. The Hall–Kier alpha value is -1.76. The van der Waals surface area contributed by atoms with Crippen LogP contribution in [0.5, 0.6) is 0 Å². The summed E-state index contributed by atoms with van der Waals surface area (Å²) in [5, 5.41) is 2.85. The smallest absolute Gasteiger partial charge is 0.273 e. The van der Waals surface area contributed by atoms with E-state index < -0.39 is 0 Å². The molecule has 1 aromatic heterocycles. The minimum atomic E-state index is -0.0293. The molecule has 1 fully saturated rings. The lowest BCUT2D eigenvalue weighted by Gasteiger charge is -2.25. The van der Waals surface area contributed by atoms with Crippen molar-refractivity contribution < 1.29 is 9.53 Å². The highest BCUT2D eigenvalue weighted by Crippen LogP contribution is 2.15. The summed E-state index contributed by atoms with van der Waals surface area (Å²) in [5.41, 5.74) is 1.66. The van der Waals surface area contributed by atoms with E-state index in [9.17, 15) is 4.79 Å². The van der Waals surface area contributed by atoms with Crippen molar-refractivity contribution in [3.63, 3.8) is 0 Å². The molecule has 2 aromatic rings. The highest BCUT2D eigenvalue weighted by molar-refractivity contribution is 7.09. The first-order valence-corrected chi connectivity index (χ1v) is 8.64. The van der Waals surface area contributed by atoms with Gasteiger partial charge in [-0.1, -0.05) is 30.3 Å². The molecule has 0 spiro atoms. The summed E-state index contributed by atoms with van der Waals surface area (Å²) in [6, 6.07) is 9.99. The van der Waals surface area contributed by atoms with E-state index in [0.29, 0.717) is 12.2 Å². The lowest BCUT2D eigenvalue weighted by molar-refractivity contribution is 0.0341. The van der Waals surface area contributed by atoms with Crippen LogP contribution in [0.15, 0.2) is 35.7 Å². The van der Waals surface area contributed by atoms with Crippen LogP contribution in [0.4, 0.5) is 0 Å². The van der Waals surface area contributed by atoms with Gasteiger partial charge in [0.05, 0.1) is 19.8 Å². The van der Waals surface area contributed by atoms with Crippen molar-refractivity contribution in [3.05, 3.63) is 52.0 Å². The highest BCUT2D eigenvalue weighted by atomic mass is 32.1. The van der Waals surface area contributed by atoms with E-state index >= 15 is 0 Å². The van der Waals surface area contributed by atoms with Crippen LogP contribution in [0, 0.1) is 0 Å². The van der Waals surface area contributed by atoms with Crippen LogP contribution in [0.2, 0.25) is 0 Å². The second kappa shape index (κ2) is 7.68. The maximum absolute atomic E-state index is 12.5. The predicted octanol–water partition coefficient (Wildman–Crippen LogP) is 2.25. The molecule has 1 amide bonds. The van der Waals surface area contributed by atoms with Gasteiger partial charge >= 0.3 is 0 Å². The fourth-order valence-electron chi connectivity index (χ4n) is 2.56. The molecule has 1 aliphatic rings. The first kappa shape index (κ1) is 16.1. The Bertz CT molecular complexity index is 638. The van der Waals surface area contributed by atoms with Gasteiger partial charge in [0.25, 0.3) is 5.91 Å². The molecule has 2 heterocycles. The van der Waals surface area contributed by atoms with Crippen molar-refractivity contribution in [1.82, 2.24) is 14.8 Å². The summed E-state index contributed by atoms with van der Waals surface area (Å²) in [6.45, 7) is 4.79. The highest BCUT2D eigenvalue weighted by Gasteiger charge is 2.18. The summed E-state index contributed by atoms with van der Waals surface area (Å²) in [4.78, 5) is 21.0. The van der Waals surface area contributed by atoms with Gasteiger partial charge in [0.15, 0.2) is 0 Å². The number of amides is 1. The maximum Gasteiger partial charge on any atom is 0.273 e. The van der Waals surface area contributed by atoms with E-state index in [-0.39, 0.29) is 5.91 Å². The van der Waals surface area contributed by atoms with Crippen molar-refractivity contribution in [1.29, 1.82) is 0 Å². The van der Waals surface area contributed by atoms with Gasteiger partial charge in [-0.2, -0.15) is 0 Å². The zero-order chi connectivity index (χ0) is 16.1. The molecule has 1 aliphatic heterocycles. The van der Waals surface area contributed by atoms with Crippen molar-refractivity contribution in [2.24, 2.45) is 0 Å². The maximum atomic E-state index is 12.5. The number of ether oxygens (including phenoxy) is 1. The summed E-state index contributed by atoms with van der Waals surface area (Å²) < 4.78 is 5.35. The monoisotopic (exact) mass is 331 g/mol. The molecule has 0 N–H and O–H groups in total. The quantitative estimate of drug-likeness (QED) is 0.843. The van der Waals surface area contributed by atoms with E-state index in [0.717, 1.165) is 43.4 Å². The third kappa shape index (κ3) is 4.37. The van der Waals surface area contributed by atoms with Crippen LogP contribution in [-0.4, -0.2) is 54.0 Å². The van der Waals surface area contributed by atoms with Crippen molar-refractivity contribution in [2.75, 3.05) is 33.4 Å². The summed E-state index contributed by atoms with van der Waals surface area (Å²) in [7, 11) is 1.82. The largest absolute Gasteiger partial charge is 0.379 e. The van der Waals surface area contributed by atoms with Crippen LogP contribution < -0.4 is 0 Å². The number of rotatable bonds is 5. The number of benzene rings is 1. The van der Waals surface area contributed by atoms with Gasteiger partial charge in [0, 0.05) is 32.1 Å². The number of carbonyl (C=O) groups excluding carboxylic acids is 1. The van der Waals surface area contributed by atoms with E-state index in [4.69, 9.17) is 4.74 Å². The molecule has 0 radical (unpaired) electrons. The molecule has 1 aromatic carbocycles. The molecule has 0 saturated carbocycles. The van der Waals surface area contributed by atoms with E-state index in [1.54, 1.807) is 16.2 Å². The van der Waals surface area contributed by atoms with Gasteiger partial charge in [0.2, 0.25) is 0 Å². The molecule has 6 heteroatoms. The van der Waals surface area contributed by atoms with Crippen molar-refractivity contribution >= 4 is 17.2 Å². The van der Waals surface area contributed by atoms with Gasteiger partial charge in [-0.05, 0) is 5.56 Å². The van der Waals surface area contributed by atoms with Crippen LogP contribution in [0.1, 0.15) is 21.1 Å². The molecular formula is C17H21N3O2S. The molecule has 0 unspecified atom stereocenters. The van der Waals surface area contributed by atoms with Crippen molar-refractivity contribution in [2.45, 2.75) is 13.1 Å². The van der Waals surface area contributed by atoms with Gasteiger partial charge in [0.1, 0.15) is 10.7 Å². The number of hydrogen-bond acceptors (Lipinski definition) is 5. The lowest BCUT2D eigenvalue weighted by Crippen LogP contribution is -2.35. The first-order valence-electron chi connectivity index (χ1n) is 7.76. The second-order valence-corrected chi connectivity index (χ2v) is 6.60. The summed E-state index contributed by atoms with van der Waals surface area (Å²) >= 11 is 1.55. The zero-order valence-electron chi connectivity index (χ0n) is 13.3. The second-order valence-electron chi connectivity index (χ2n) is 5.66.